The van der Waals surface area contributed by atoms with Gasteiger partial charge in [0, 0.05) is 18.7 Å². The fourth-order valence-corrected chi connectivity index (χ4v) is 2.81. The van der Waals surface area contributed by atoms with Crippen molar-refractivity contribution >= 4 is 17.9 Å². The first-order valence-electron chi connectivity index (χ1n) is 8.10. The van der Waals surface area contributed by atoms with Crippen molar-refractivity contribution in [2.75, 3.05) is 13.2 Å². The van der Waals surface area contributed by atoms with Gasteiger partial charge in [-0.15, -0.1) is 0 Å². The number of primary amides is 1. The minimum absolute atomic E-state index is 0.0746. The van der Waals surface area contributed by atoms with Crippen molar-refractivity contribution in [1.29, 1.82) is 0 Å². The zero-order valence-corrected chi connectivity index (χ0v) is 13.5. The van der Waals surface area contributed by atoms with Crippen LogP contribution in [0.2, 0.25) is 0 Å². The van der Waals surface area contributed by atoms with Crippen molar-refractivity contribution < 1.29 is 14.3 Å². The second-order valence-electron chi connectivity index (χ2n) is 5.75. The molecule has 0 radical (unpaired) electrons. The number of carbonyl (C=O) groups is 2. The summed E-state index contributed by atoms with van der Waals surface area (Å²) in [5, 5.41) is 0. The minimum Gasteiger partial charge on any atom is -0.484 e. The molecule has 0 bridgehead atoms. The number of ether oxygens (including phenoxy) is 1. The first-order valence-corrected chi connectivity index (χ1v) is 8.10. The molecule has 1 saturated heterocycles. The van der Waals surface area contributed by atoms with Gasteiger partial charge in [0.05, 0.1) is 0 Å². The highest BCUT2D eigenvalue weighted by Crippen LogP contribution is 2.20. The normalized spacial score (nSPS) is 18.1. The Bertz CT molecular complexity index is 566. The average Bonchev–Trinajstić information content (AvgIpc) is 2.58. The van der Waals surface area contributed by atoms with Crippen molar-refractivity contribution in [3.8, 4) is 5.75 Å². The van der Waals surface area contributed by atoms with Gasteiger partial charge in [-0.05, 0) is 49.5 Å². The van der Waals surface area contributed by atoms with Crippen molar-refractivity contribution in [1.82, 2.24) is 4.90 Å². The average molecular weight is 316 g/mol. The summed E-state index contributed by atoms with van der Waals surface area (Å²) < 4.78 is 5.20. The lowest BCUT2D eigenvalue weighted by atomic mass is 10.00. The van der Waals surface area contributed by atoms with E-state index < -0.39 is 5.91 Å². The van der Waals surface area contributed by atoms with E-state index in [4.69, 9.17) is 10.5 Å². The number of nitrogens with two attached hydrogens (primary N) is 1. The SMILES string of the molecule is CC[C@H]1CCCCN1C(=O)/C=C\c1ccc(OCC(N)=O)cc1. The predicted molar refractivity (Wildman–Crippen MR) is 89.8 cm³/mol. The molecule has 0 unspecified atom stereocenters. The van der Waals surface area contributed by atoms with Crippen LogP contribution in [-0.2, 0) is 9.59 Å². The Morgan fingerprint density at radius 2 is 2.04 bits per heavy atom. The number of benzene rings is 1. The predicted octanol–water partition coefficient (Wildman–Crippen LogP) is 2.36. The molecule has 1 aromatic rings. The Kier molecular flexibility index (Phi) is 6.20. The molecule has 2 N–H and O–H groups in total. The zero-order chi connectivity index (χ0) is 16.7. The molecular formula is C18H24N2O3. The molecule has 23 heavy (non-hydrogen) atoms. The highest BCUT2D eigenvalue weighted by molar-refractivity contribution is 5.92. The second kappa shape index (κ2) is 8.36. The number of amides is 2. The molecule has 1 aliphatic heterocycles. The fraction of sp³-hybridized carbons (Fsp3) is 0.444. The van der Waals surface area contributed by atoms with Crippen LogP contribution in [0.15, 0.2) is 30.3 Å². The highest BCUT2D eigenvalue weighted by Gasteiger charge is 2.23. The van der Waals surface area contributed by atoms with E-state index in [2.05, 4.69) is 6.92 Å². The number of piperidine rings is 1. The quantitative estimate of drug-likeness (QED) is 0.819. The third-order valence-corrected chi connectivity index (χ3v) is 4.06. The molecule has 1 aromatic carbocycles. The molecule has 0 spiro atoms. The Morgan fingerprint density at radius 3 is 2.70 bits per heavy atom. The van der Waals surface area contributed by atoms with Crippen LogP contribution in [0.3, 0.4) is 0 Å². The van der Waals surface area contributed by atoms with Crippen LogP contribution in [0.4, 0.5) is 0 Å². The summed E-state index contributed by atoms with van der Waals surface area (Å²) in [6.45, 7) is 2.84. The van der Waals surface area contributed by atoms with Crippen molar-refractivity contribution in [2.45, 2.75) is 38.6 Å². The van der Waals surface area contributed by atoms with E-state index in [-0.39, 0.29) is 12.5 Å². The summed E-state index contributed by atoms with van der Waals surface area (Å²) in [6.07, 6.45) is 7.84. The molecule has 124 valence electrons. The summed E-state index contributed by atoms with van der Waals surface area (Å²) in [4.78, 5) is 25.0. The molecular weight excluding hydrogens is 292 g/mol. The standard InChI is InChI=1S/C18H24N2O3/c1-2-15-5-3-4-12-20(15)18(22)11-8-14-6-9-16(10-7-14)23-13-17(19)21/h6-11,15H,2-5,12-13H2,1H3,(H2,19,21)/b11-8-/t15-/m0/s1. The van der Waals surface area contributed by atoms with Crippen LogP contribution in [0.1, 0.15) is 38.2 Å². The van der Waals surface area contributed by atoms with Gasteiger partial charge in [0.25, 0.3) is 5.91 Å². The van der Waals surface area contributed by atoms with Gasteiger partial charge in [-0.25, -0.2) is 0 Å². The lowest BCUT2D eigenvalue weighted by Gasteiger charge is -2.34. The van der Waals surface area contributed by atoms with Crippen LogP contribution < -0.4 is 10.5 Å². The van der Waals surface area contributed by atoms with Crippen LogP contribution in [0.5, 0.6) is 5.75 Å². The van der Waals surface area contributed by atoms with E-state index in [1.54, 1.807) is 18.2 Å². The number of likely N-dealkylation sites (tertiary alicyclic amines) is 1. The number of carbonyl (C=O) groups excluding carboxylic acids is 2. The number of hydrogen-bond donors (Lipinski definition) is 1. The molecule has 1 atom stereocenters. The van der Waals surface area contributed by atoms with Crippen LogP contribution in [-0.4, -0.2) is 35.9 Å². The summed E-state index contributed by atoms with van der Waals surface area (Å²) in [7, 11) is 0. The minimum atomic E-state index is -0.508. The Labute approximate surface area is 137 Å². The number of rotatable bonds is 6. The van der Waals surface area contributed by atoms with E-state index >= 15 is 0 Å². The van der Waals surface area contributed by atoms with Crippen LogP contribution >= 0.6 is 0 Å². The van der Waals surface area contributed by atoms with E-state index in [0.29, 0.717) is 11.8 Å². The maximum Gasteiger partial charge on any atom is 0.255 e. The van der Waals surface area contributed by atoms with Gasteiger partial charge in [-0.3, -0.25) is 9.59 Å². The Balaban J connectivity index is 1.93. The van der Waals surface area contributed by atoms with Gasteiger partial charge in [0.2, 0.25) is 5.91 Å². The summed E-state index contributed by atoms with van der Waals surface area (Å²) in [5.41, 5.74) is 5.94. The zero-order valence-electron chi connectivity index (χ0n) is 13.5. The van der Waals surface area contributed by atoms with Gasteiger partial charge >= 0.3 is 0 Å². The lowest BCUT2D eigenvalue weighted by Crippen LogP contribution is -2.42. The smallest absolute Gasteiger partial charge is 0.255 e. The summed E-state index contributed by atoms with van der Waals surface area (Å²) in [5.74, 6) is 0.145. The van der Waals surface area contributed by atoms with Crippen molar-refractivity contribution in [3.05, 3.63) is 35.9 Å². The topological polar surface area (TPSA) is 72.6 Å². The Hall–Kier alpha value is -2.30. The molecule has 0 aliphatic carbocycles. The second-order valence-corrected chi connectivity index (χ2v) is 5.75. The molecule has 2 rings (SSSR count). The van der Waals surface area contributed by atoms with E-state index in [1.807, 2.05) is 23.1 Å². The maximum atomic E-state index is 12.3. The highest BCUT2D eigenvalue weighted by atomic mass is 16.5. The molecule has 0 saturated carbocycles. The third-order valence-electron chi connectivity index (χ3n) is 4.06. The molecule has 1 aliphatic rings. The largest absolute Gasteiger partial charge is 0.484 e. The molecule has 1 heterocycles. The molecule has 5 nitrogen and oxygen atoms in total. The van der Waals surface area contributed by atoms with Gasteiger partial charge in [0.1, 0.15) is 5.75 Å². The number of hydrogen-bond acceptors (Lipinski definition) is 3. The third kappa shape index (κ3) is 5.13. The van der Waals surface area contributed by atoms with Gasteiger partial charge in [-0.1, -0.05) is 19.1 Å². The van der Waals surface area contributed by atoms with Crippen molar-refractivity contribution in [3.63, 3.8) is 0 Å². The molecule has 0 aromatic heterocycles. The summed E-state index contributed by atoms with van der Waals surface area (Å²) in [6, 6.07) is 7.55. The molecule has 2 amide bonds. The van der Waals surface area contributed by atoms with Crippen LogP contribution in [0, 0.1) is 0 Å². The maximum absolute atomic E-state index is 12.3. The molecule has 5 heteroatoms. The van der Waals surface area contributed by atoms with E-state index in [9.17, 15) is 9.59 Å². The Morgan fingerprint density at radius 1 is 1.30 bits per heavy atom. The first kappa shape index (κ1) is 17.1. The van der Waals surface area contributed by atoms with Gasteiger partial charge in [0.15, 0.2) is 6.61 Å². The first-order chi connectivity index (χ1) is 11.1. The monoisotopic (exact) mass is 316 g/mol. The van der Waals surface area contributed by atoms with Gasteiger partial charge < -0.3 is 15.4 Å². The van der Waals surface area contributed by atoms with Gasteiger partial charge in [-0.2, -0.15) is 0 Å². The fourth-order valence-electron chi connectivity index (χ4n) is 2.81. The lowest BCUT2D eigenvalue weighted by molar-refractivity contribution is -0.129. The molecule has 1 fully saturated rings. The van der Waals surface area contributed by atoms with E-state index in [1.165, 1.54) is 6.42 Å². The van der Waals surface area contributed by atoms with E-state index in [0.717, 1.165) is 31.4 Å². The number of nitrogens with zero attached hydrogens (tertiary/aromatic N) is 1. The van der Waals surface area contributed by atoms with Crippen LogP contribution in [0.25, 0.3) is 6.08 Å². The summed E-state index contributed by atoms with van der Waals surface area (Å²) >= 11 is 0. The van der Waals surface area contributed by atoms with Crippen molar-refractivity contribution in [2.24, 2.45) is 5.73 Å².